The third kappa shape index (κ3) is 4.73. The number of anilines is 1. The van der Waals surface area contributed by atoms with E-state index >= 15 is 0 Å². The molecule has 2 aromatic rings. The molecule has 1 N–H and O–H groups in total. The fourth-order valence-electron chi connectivity index (χ4n) is 3.84. The van der Waals surface area contributed by atoms with Gasteiger partial charge in [0, 0.05) is 30.5 Å². The maximum Gasteiger partial charge on any atom is 0.414 e. The molecule has 9 heteroatoms. The van der Waals surface area contributed by atoms with Crippen LogP contribution in [0.15, 0.2) is 60.3 Å². The van der Waals surface area contributed by atoms with Gasteiger partial charge in [-0.15, -0.1) is 0 Å². The Morgan fingerprint density at radius 2 is 2.03 bits per heavy atom. The molecular formula is C23H23F3N3O3-. The average Bonchev–Trinajstić information content (AvgIpc) is 3.26. The third-order valence-corrected chi connectivity index (χ3v) is 5.43. The van der Waals surface area contributed by atoms with Gasteiger partial charge in [-0.05, 0) is 30.7 Å². The number of para-hydroxylation sites is 1. The Morgan fingerprint density at radius 1 is 1.22 bits per heavy atom. The van der Waals surface area contributed by atoms with E-state index in [-0.39, 0.29) is 12.7 Å². The number of aliphatic hydroxyl groups excluding tert-OH is 1. The molecule has 0 amide bonds. The molecule has 2 aliphatic heterocycles. The van der Waals surface area contributed by atoms with Gasteiger partial charge in [-0.2, -0.15) is 19.4 Å². The monoisotopic (exact) mass is 446 g/mol. The lowest BCUT2D eigenvalue weighted by atomic mass is 10.1. The first-order valence-corrected chi connectivity index (χ1v) is 10.2. The lowest BCUT2D eigenvalue weighted by Crippen LogP contribution is -2.27. The predicted molar refractivity (Wildman–Crippen MR) is 114 cm³/mol. The van der Waals surface area contributed by atoms with Crippen LogP contribution in [0.3, 0.4) is 0 Å². The van der Waals surface area contributed by atoms with Crippen molar-refractivity contribution in [1.82, 2.24) is 4.98 Å². The molecule has 1 aromatic carbocycles. The maximum absolute atomic E-state index is 12.7. The quantitative estimate of drug-likeness (QED) is 0.705. The number of ether oxygens (including phenoxy) is 2. The predicted octanol–water partition coefficient (Wildman–Crippen LogP) is 4.56. The highest BCUT2D eigenvalue weighted by Gasteiger charge is 2.31. The van der Waals surface area contributed by atoms with Gasteiger partial charge in [-0.25, -0.2) is 4.98 Å². The largest absolute Gasteiger partial charge is 0.662 e. The first-order valence-electron chi connectivity index (χ1n) is 10.2. The van der Waals surface area contributed by atoms with Crippen LogP contribution in [0.2, 0.25) is 0 Å². The van der Waals surface area contributed by atoms with E-state index < -0.39 is 18.0 Å². The van der Waals surface area contributed by atoms with Crippen molar-refractivity contribution in [1.29, 1.82) is 0 Å². The normalized spacial score (nSPS) is 20.8. The van der Waals surface area contributed by atoms with Crippen molar-refractivity contribution in [2.75, 3.05) is 25.1 Å². The lowest BCUT2D eigenvalue weighted by molar-refractivity contribution is -0.0887. The van der Waals surface area contributed by atoms with E-state index in [4.69, 9.17) is 9.47 Å². The molecular weight excluding hydrogens is 423 g/mol. The third-order valence-electron chi connectivity index (χ3n) is 5.43. The second-order valence-electron chi connectivity index (χ2n) is 7.49. The summed E-state index contributed by atoms with van der Waals surface area (Å²) in [6.45, 7) is 0.970. The van der Waals surface area contributed by atoms with Crippen molar-refractivity contribution < 1.29 is 27.8 Å². The van der Waals surface area contributed by atoms with Crippen LogP contribution in [0.5, 0.6) is 5.75 Å². The molecule has 6 nitrogen and oxygen atoms in total. The van der Waals surface area contributed by atoms with Gasteiger partial charge in [0.1, 0.15) is 5.75 Å². The van der Waals surface area contributed by atoms with Crippen LogP contribution in [0.4, 0.5) is 18.9 Å². The first kappa shape index (κ1) is 22.2. The summed E-state index contributed by atoms with van der Waals surface area (Å²) in [5.74, 6) is 0.693. The molecule has 0 spiro atoms. The molecule has 2 aliphatic rings. The van der Waals surface area contributed by atoms with E-state index in [1.165, 1.54) is 6.08 Å². The number of halogens is 3. The molecule has 1 aromatic heterocycles. The number of allylic oxidation sites excluding steroid dienone is 2. The summed E-state index contributed by atoms with van der Waals surface area (Å²) in [7, 11) is 1.60. The number of aromatic nitrogens is 1. The van der Waals surface area contributed by atoms with E-state index in [1.807, 2.05) is 36.4 Å². The van der Waals surface area contributed by atoms with Crippen LogP contribution >= 0.6 is 0 Å². The van der Waals surface area contributed by atoms with E-state index in [2.05, 4.69) is 15.2 Å². The van der Waals surface area contributed by atoms with Crippen LogP contribution in [-0.4, -0.2) is 48.8 Å². The number of rotatable bonds is 6. The van der Waals surface area contributed by atoms with Crippen molar-refractivity contribution >= 4 is 5.69 Å². The second-order valence-corrected chi connectivity index (χ2v) is 7.49. The number of nitrogens with zero attached hydrogens (tertiary/aromatic N) is 3. The van der Waals surface area contributed by atoms with Crippen LogP contribution in [0.25, 0.3) is 16.6 Å². The van der Waals surface area contributed by atoms with Crippen LogP contribution in [-0.2, 0) is 11.3 Å². The topological polar surface area (TPSA) is 68.9 Å². The van der Waals surface area contributed by atoms with E-state index in [1.54, 1.807) is 7.11 Å². The lowest BCUT2D eigenvalue weighted by Gasteiger charge is -2.34. The van der Waals surface area contributed by atoms with E-state index in [9.17, 15) is 18.3 Å². The molecule has 3 heterocycles. The zero-order valence-electron chi connectivity index (χ0n) is 17.4. The Balaban J connectivity index is 1.43. The fraction of sp³-hybridized carbons (Fsp3) is 0.348. The summed E-state index contributed by atoms with van der Waals surface area (Å²) in [5, 5.41) is 13.8. The zero-order valence-corrected chi connectivity index (χ0v) is 17.4. The molecule has 32 heavy (non-hydrogen) atoms. The van der Waals surface area contributed by atoms with Gasteiger partial charge in [0.05, 0.1) is 36.9 Å². The summed E-state index contributed by atoms with van der Waals surface area (Å²) in [5.41, 5.74) is 2.07. The van der Waals surface area contributed by atoms with Crippen molar-refractivity contribution in [2.24, 2.45) is 0 Å². The number of pyridine rings is 1. The van der Waals surface area contributed by atoms with Crippen molar-refractivity contribution in [3.8, 4) is 17.0 Å². The summed E-state index contributed by atoms with van der Waals surface area (Å²) >= 11 is 0. The molecule has 0 bridgehead atoms. The van der Waals surface area contributed by atoms with Crippen molar-refractivity contribution in [3.05, 3.63) is 71.3 Å². The molecule has 4 rings (SSSR count). The molecule has 1 fully saturated rings. The molecule has 170 valence electrons. The highest BCUT2D eigenvalue weighted by atomic mass is 19.4. The van der Waals surface area contributed by atoms with Gasteiger partial charge < -0.3 is 24.8 Å². The minimum atomic E-state index is -4.42. The SMILES string of the molecule is COc1ccccc1-c1ccc(N2CC[C@H](OC3C=CC(C(F)(F)F)=C[N-]3)C2)c(CO)n1. The molecule has 2 atom stereocenters. The van der Waals surface area contributed by atoms with Gasteiger partial charge >= 0.3 is 6.18 Å². The van der Waals surface area contributed by atoms with Crippen LogP contribution in [0.1, 0.15) is 12.1 Å². The number of aliphatic hydroxyl groups is 1. The first-order chi connectivity index (χ1) is 15.4. The highest BCUT2D eigenvalue weighted by Crippen LogP contribution is 2.34. The summed E-state index contributed by atoms with van der Waals surface area (Å²) in [4.78, 5) is 6.68. The molecule has 0 saturated carbocycles. The van der Waals surface area contributed by atoms with E-state index in [0.29, 0.717) is 36.6 Å². The standard InChI is InChI=1S/C23H23F3N3O3/c1-31-21-5-3-2-4-17(21)18-7-8-20(19(14-30)28-18)29-11-10-16(13-29)32-22-9-6-15(12-27-22)23(24,25)26/h2-9,12,16,22,30H,10-11,13-14H2,1H3/q-1/t16-,22?/m0/s1. The number of hydrogen-bond acceptors (Lipinski definition) is 5. The minimum absolute atomic E-state index is 0.199. The van der Waals surface area contributed by atoms with Gasteiger partial charge in [0.2, 0.25) is 0 Å². The van der Waals surface area contributed by atoms with E-state index in [0.717, 1.165) is 23.5 Å². The smallest absolute Gasteiger partial charge is 0.414 e. The van der Waals surface area contributed by atoms with Gasteiger partial charge in [-0.1, -0.05) is 24.3 Å². The Labute approximate surface area is 184 Å². The zero-order chi connectivity index (χ0) is 22.7. The van der Waals surface area contributed by atoms with Gasteiger partial charge in [-0.3, -0.25) is 0 Å². The molecule has 0 radical (unpaired) electrons. The number of methoxy groups -OCH3 is 1. The van der Waals surface area contributed by atoms with Crippen molar-refractivity contribution in [3.63, 3.8) is 0 Å². The fourth-order valence-corrected chi connectivity index (χ4v) is 3.84. The van der Waals surface area contributed by atoms with Crippen LogP contribution < -0.4 is 9.64 Å². The summed E-state index contributed by atoms with van der Waals surface area (Å²) < 4.78 is 49.4. The molecule has 1 saturated heterocycles. The summed E-state index contributed by atoms with van der Waals surface area (Å²) in [6, 6.07) is 11.3. The highest BCUT2D eigenvalue weighted by molar-refractivity contribution is 5.69. The number of alkyl halides is 3. The average molecular weight is 446 g/mol. The Morgan fingerprint density at radius 3 is 2.72 bits per heavy atom. The number of benzene rings is 1. The maximum atomic E-state index is 12.7. The Kier molecular flexibility index (Phi) is 6.38. The second kappa shape index (κ2) is 9.22. The Hall–Kier alpha value is -3.04. The molecule has 0 aliphatic carbocycles. The van der Waals surface area contributed by atoms with Gasteiger partial charge in [0.15, 0.2) is 0 Å². The molecule has 1 unspecified atom stereocenters. The Bertz CT molecular complexity index is 1020. The van der Waals surface area contributed by atoms with Crippen molar-refractivity contribution in [2.45, 2.75) is 31.5 Å². The van der Waals surface area contributed by atoms with Gasteiger partial charge in [0.25, 0.3) is 0 Å². The summed E-state index contributed by atoms with van der Waals surface area (Å²) in [6.07, 6.45) is -1.55. The minimum Gasteiger partial charge on any atom is -0.662 e. The van der Waals surface area contributed by atoms with Crippen LogP contribution in [0, 0.1) is 0 Å². The number of hydrogen-bond donors (Lipinski definition) is 1.